The Balaban J connectivity index is -0.000000190. The van der Waals surface area contributed by atoms with Gasteiger partial charge in [0.15, 0.2) is 0 Å². The molecule has 0 saturated carbocycles. The van der Waals surface area contributed by atoms with Crippen molar-refractivity contribution in [1.82, 2.24) is 0 Å². The summed E-state index contributed by atoms with van der Waals surface area (Å²) in [5.41, 5.74) is 0. The van der Waals surface area contributed by atoms with Gasteiger partial charge in [-0.1, -0.05) is 0 Å². The second-order valence-electron chi connectivity index (χ2n) is 7.65. The molecule has 0 aromatic heterocycles. The molecule has 212 valence electrons. The van der Waals surface area contributed by atoms with Gasteiger partial charge in [0.2, 0.25) is 0 Å². The first-order valence-corrected chi connectivity index (χ1v) is 17.8. The van der Waals surface area contributed by atoms with E-state index >= 15 is 0 Å². The quantitative estimate of drug-likeness (QED) is 0.0728. The third-order valence-corrected chi connectivity index (χ3v) is 7.73. The van der Waals surface area contributed by atoms with Gasteiger partial charge in [-0.2, -0.15) is 75.8 Å². The largest absolute Gasteiger partial charge is 0.550 e. The number of aliphatic carboxylic acids is 3. The number of carbonyl (C=O) groups excluding carboxylic acids is 3. The molecule has 0 aromatic rings. The van der Waals surface area contributed by atoms with Gasteiger partial charge in [0.1, 0.15) is 0 Å². The van der Waals surface area contributed by atoms with Gasteiger partial charge in [-0.3, -0.25) is 0 Å². The van der Waals surface area contributed by atoms with E-state index < -0.39 is 35.7 Å². The van der Waals surface area contributed by atoms with Gasteiger partial charge in [-0.05, 0) is 53.8 Å². The van der Waals surface area contributed by atoms with Gasteiger partial charge in [0.25, 0.3) is 0 Å². The molecule has 6 nitrogen and oxygen atoms in total. The third kappa shape index (κ3) is 35.3. The summed E-state index contributed by atoms with van der Waals surface area (Å²) in [6.07, 6.45) is 10.3. The number of hydrogen-bond donors (Lipinski definition) is 6. The van der Waals surface area contributed by atoms with Gasteiger partial charge in [0.05, 0.1) is 0 Å². The van der Waals surface area contributed by atoms with Crippen LogP contribution in [0.25, 0.3) is 0 Å². The average Bonchev–Trinajstić information content (AvgIpc) is 2.84. The molecular weight excluding hydrogens is 683 g/mol. The first-order valence-electron chi connectivity index (χ1n) is 12.0. The van der Waals surface area contributed by atoms with Crippen LogP contribution in [-0.2, 0) is 14.4 Å². The molecule has 0 rings (SSSR count). The van der Waals surface area contributed by atoms with Crippen LogP contribution in [0, 0.1) is 17.8 Å². The summed E-state index contributed by atoms with van der Waals surface area (Å²) in [4.78, 5) is 30.4. The zero-order valence-corrected chi connectivity index (χ0v) is 29.4. The van der Waals surface area contributed by atoms with Crippen molar-refractivity contribution in [2.45, 2.75) is 69.1 Å². The Morgan fingerprint density at radius 1 is 0.583 bits per heavy atom. The molecule has 0 aliphatic heterocycles. The molecule has 13 heteroatoms. The van der Waals surface area contributed by atoms with Crippen LogP contribution in [0.4, 0.5) is 0 Å². The Labute approximate surface area is 265 Å². The number of carbonyl (C=O) groups is 3. The van der Waals surface area contributed by atoms with Crippen LogP contribution >= 0.6 is 75.8 Å². The molecule has 0 spiro atoms. The van der Waals surface area contributed by atoms with Gasteiger partial charge >= 0.3 is 72.4 Å². The topological polar surface area (TPSA) is 120 Å². The molecule has 3 atom stereocenters. The number of rotatable bonds is 18. The smallest absolute Gasteiger partial charge is 0.0453 e. The number of thiol groups is 6. The van der Waals surface area contributed by atoms with Crippen LogP contribution in [0.15, 0.2) is 0 Å². The van der Waals surface area contributed by atoms with Crippen LogP contribution in [0.2, 0.25) is 4.44 Å². The molecular formula is C23H44O6S6Sn. The zero-order valence-electron chi connectivity index (χ0n) is 21.2. The molecule has 0 heterocycles. The van der Waals surface area contributed by atoms with E-state index in [9.17, 15) is 29.7 Å². The molecule has 0 bridgehead atoms. The normalized spacial score (nSPS) is 12.4. The summed E-state index contributed by atoms with van der Waals surface area (Å²) in [6.45, 7) is 2.27. The second kappa shape index (κ2) is 36.3. The summed E-state index contributed by atoms with van der Waals surface area (Å²) in [6, 6.07) is 0. The molecule has 0 aliphatic carbocycles. The number of hydrogen-bond acceptors (Lipinski definition) is 12. The zero-order chi connectivity index (χ0) is 28.8. The van der Waals surface area contributed by atoms with E-state index in [1.54, 1.807) is 22.5 Å². The standard InChI is InChI=1S/C8H17.3C5H10O2S2.Sn/c1-3-5-7-8-6-4-2;3*6-5(7)4(3-9)1-2-8;/h1,3-8H2,2H3;3*4,8-9H,1-3H2,(H,6,7);/q;;;;+3/p-3. The minimum absolute atomic E-state index is 0.336. The molecule has 0 amide bonds. The van der Waals surface area contributed by atoms with E-state index in [0.717, 1.165) is 0 Å². The number of carboxylic acids is 3. The third-order valence-electron chi connectivity index (χ3n) is 4.62. The minimum Gasteiger partial charge on any atom is -0.550 e. The number of unbranched alkanes of at least 4 members (excludes halogenated alkanes) is 5. The molecule has 36 heavy (non-hydrogen) atoms. The van der Waals surface area contributed by atoms with E-state index in [-0.39, 0.29) is 0 Å². The maximum Gasteiger partial charge on any atom is 0.0453 e. The average molecular weight is 728 g/mol. The first-order chi connectivity index (χ1) is 17.1. The molecule has 0 aliphatic rings. The Hall–Kier alpha value is 1.31. The predicted octanol–water partition coefficient (Wildman–Crippen LogP) is 1.74. The summed E-state index contributed by atoms with van der Waals surface area (Å²) in [7, 11) is 0. The van der Waals surface area contributed by atoms with E-state index in [4.69, 9.17) is 0 Å². The summed E-state index contributed by atoms with van der Waals surface area (Å²) in [5, 5.41) is 30.4. The molecule has 0 saturated heterocycles. The van der Waals surface area contributed by atoms with Crippen molar-refractivity contribution in [3.05, 3.63) is 0 Å². The van der Waals surface area contributed by atoms with E-state index in [2.05, 4.69) is 82.7 Å². The predicted molar refractivity (Wildman–Crippen MR) is 166 cm³/mol. The molecule has 0 fully saturated rings. The molecule has 0 aromatic carbocycles. The van der Waals surface area contributed by atoms with Crippen molar-refractivity contribution < 1.29 is 29.7 Å². The summed E-state index contributed by atoms with van der Waals surface area (Å²) >= 11 is 24.9. The van der Waals surface area contributed by atoms with Crippen molar-refractivity contribution in [3.8, 4) is 0 Å². The number of carboxylic acid groups (broad SMARTS) is 3. The minimum atomic E-state index is -1.03. The Bertz CT molecular complexity index is 443. The van der Waals surface area contributed by atoms with Crippen LogP contribution in [0.3, 0.4) is 0 Å². The fraction of sp³-hybridized carbons (Fsp3) is 0.870. The Kier molecular flexibility index (Phi) is 44.7. The summed E-state index contributed by atoms with van der Waals surface area (Å²) in [5.74, 6) is -1.69. The molecule has 3 unspecified atom stereocenters. The maximum atomic E-state index is 10.1. The van der Waals surface area contributed by atoms with Crippen LogP contribution < -0.4 is 15.3 Å². The van der Waals surface area contributed by atoms with Gasteiger partial charge in [0, 0.05) is 35.7 Å². The van der Waals surface area contributed by atoms with Crippen molar-refractivity contribution in [2.24, 2.45) is 17.8 Å². The Morgan fingerprint density at radius 2 is 0.861 bits per heavy atom. The van der Waals surface area contributed by atoms with Crippen LogP contribution in [-0.4, -0.2) is 74.9 Å². The first kappa shape index (κ1) is 44.3. The van der Waals surface area contributed by atoms with Crippen molar-refractivity contribution in [3.63, 3.8) is 0 Å². The van der Waals surface area contributed by atoms with Gasteiger partial charge in [-0.15, -0.1) is 0 Å². The SMILES string of the molecule is CCCCCCC[CH2][Sn+3].O=C([O-])C(CS)CCS.O=C([O-])C(CS)CCS.O=C([O-])C(CS)CCS. The van der Waals surface area contributed by atoms with Crippen LogP contribution in [0.5, 0.6) is 0 Å². The van der Waals surface area contributed by atoms with Crippen molar-refractivity contribution in [1.29, 1.82) is 0 Å². The van der Waals surface area contributed by atoms with Crippen molar-refractivity contribution >= 4 is 116 Å². The fourth-order valence-electron chi connectivity index (χ4n) is 2.22. The van der Waals surface area contributed by atoms with Crippen molar-refractivity contribution in [2.75, 3.05) is 34.5 Å². The van der Waals surface area contributed by atoms with E-state index in [1.165, 1.54) is 43.0 Å². The Morgan fingerprint density at radius 3 is 1.03 bits per heavy atom. The molecule has 0 radical (unpaired) electrons. The second-order valence-corrected chi connectivity index (χ2v) is 11.5. The monoisotopic (exact) mass is 728 g/mol. The fourth-order valence-corrected chi connectivity index (χ4v) is 4.87. The van der Waals surface area contributed by atoms with E-state index in [0.29, 0.717) is 53.8 Å². The molecule has 0 N–H and O–H groups in total. The van der Waals surface area contributed by atoms with E-state index in [1.807, 2.05) is 0 Å². The maximum absolute atomic E-state index is 10.1. The van der Waals surface area contributed by atoms with Crippen LogP contribution in [0.1, 0.15) is 64.7 Å². The van der Waals surface area contributed by atoms with Gasteiger partial charge < -0.3 is 29.7 Å². The summed E-state index contributed by atoms with van der Waals surface area (Å²) < 4.78 is 1.46. The van der Waals surface area contributed by atoms with Gasteiger partial charge in [-0.25, -0.2) is 0 Å².